The first kappa shape index (κ1) is 15.3. The van der Waals surface area contributed by atoms with Gasteiger partial charge in [-0.05, 0) is 35.2 Å². The third kappa shape index (κ3) is 3.97. The number of anilines is 1. The van der Waals surface area contributed by atoms with Crippen LogP contribution in [0.3, 0.4) is 0 Å². The summed E-state index contributed by atoms with van der Waals surface area (Å²) in [5, 5.41) is 11.3. The van der Waals surface area contributed by atoms with Crippen molar-refractivity contribution in [2.24, 2.45) is 0 Å². The molecule has 2 aromatic rings. The zero-order valence-electron chi connectivity index (χ0n) is 13.0. The fourth-order valence-electron chi connectivity index (χ4n) is 2.91. The van der Waals surface area contributed by atoms with Crippen LogP contribution in [0.5, 0.6) is 0 Å². The molecule has 0 aliphatic carbocycles. The second-order valence-electron chi connectivity index (χ2n) is 5.81. The Bertz CT molecular complexity index is 734. The lowest BCUT2D eigenvalue weighted by Crippen LogP contribution is -2.19. The summed E-state index contributed by atoms with van der Waals surface area (Å²) in [5.41, 5.74) is 4.70. The fraction of sp³-hybridized carbons (Fsp3) is 0.263. The molecule has 3 rings (SSSR count). The number of hydrogen-bond donors (Lipinski definition) is 1. The molecule has 1 heterocycles. The van der Waals surface area contributed by atoms with E-state index in [1.165, 1.54) is 16.7 Å². The second kappa shape index (κ2) is 7.08. The predicted octanol–water partition coefficient (Wildman–Crippen LogP) is 3.10. The van der Waals surface area contributed by atoms with E-state index in [0.29, 0.717) is 0 Å². The lowest BCUT2D eigenvalue weighted by Gasteiger charge is -2.14. The van der Waals surface area contributed by atoms with Gasteiger partial charge in [-0.3, -0.25) is 9.69 Å². The first-order valence-corrected chi connectivity index (χ1v) is 7.79. The number of nitriles is 1. The number of carbonyl (C=O) groups excluding carboxylic acids is 1. The quantitative estimate of drug-likeness (QED) is 0.923. The number of fused-ring (bicyclic) bond motifs is 1. The van der Waals surface area contributed by atoms with Crippen LogP contribution in [0.25, 0.3) is 0 Å². The van der Waals surface area contributed by atoms with Crippen LogP contribution in [0, 0.1) is 11.3 Å². The van der Waals surface area contributed by atoms with Crippen LogP contribution in [0.15, 0.2) is 48.5 Å². The molecule has 1 aliphatic rings. The van der Waals surface area contributed by atoms with Gasteiger partial charge in [-0.15, -0.1) is 0 Å². The van der Waals surface area contributed by atoms with Crippen LogP contribution in [0.1, 0.15) is 23.1 Å². The van der Waals surface area contributed by atoms with Gasteiger partial charge < -0.3 is 5.32 Å². The lowest BCUT2D eigenvalue weighted by atomic mass is 10.1. The molecule has 1 aliphatic heterocycles. The second-order valence-corrected chi connectivity index (χ2v) is 5.81. The molecule has 0 saturated heterocycles. The van der Waals surface area contributed by atoms with E-state index < -0.39 is 0 Å². The van der Waals surface area contributed by atoms with Gasteiger partial charge in [0.25, 0.3) is 0 Å². The molecule has 0 radical (unpaired) electrons. The molecule has 1 N–H and O–H groups in total. The number of amides is 1. The molecular weight excluding hydrogens is 286 g/mol. The van der Waals surface area contributed by atoms with E-state index in [-0.39, 0.29) is 12.3 Å². The predicted molar refractivity (Wildman–Crippen MR) is 89.6 cm³/mol. The van der Waals surface area contributed by atoms with E-state index in [2.05, 4.69) is 40.5 Å². The smallest absolute Gasteiger partial charge is 0.238 e. The van der Waals surface area contributed by atoms with E-state index in [9.17, 15) is 4.79 Å². The Labute approximate surface area is 136 Å². The van der Waals surface area contributed by atoms with Gasteiger partial charge in [0.1, 0.15) is 6.42 Å². The van der Waals surface area contributed by atoms with Gasteiger partial charge in [0.05, 0.1) is 6.07 Å². The molecule has 0 atom stereocenters. The molecule has 0 aromatic heterocycles. The van der Waals surface area contributed by atoms with Crippen molar-refractivity contribution in [2.45, 2.75) is 25.9 Å². The molecule has 0 fully saturated rings. The van der Waals surface area contributed by atoms with Gasteiger partial charge in [0.15, 0.2) is 0 Å². The van der Waals surface area contributed by atoms with Crippen molar-refractivity contribution in [3.05, 3.63) is 65.2 Å². The minimum atomic E-state index is -0.258. The summed E-state index contributed by atoms with van der Waals surface area (Å²) in [6.07, 6.45) is 0.931. The van der Waals surface area contributed by atoms with Gasteiger partial charge in [0.2, 0.25) is 5.91 Å². The number of carbonyl (C=O) groups is 1. The minimum absolute atomic E-state index is 0.111. The molecule has 1 amide bonds. The zero-order chi connectivity index (χ0) is 16.1. The number of hydrogen-bond acceptors (Lipinski definition) is 3. The molecule has 4 heteroatoms. The van der Waals surface area contributed by atoms with Gasteiger partial charge in [-0.2, -0.15) is 5.26 Å². The van der Waals surface area contributed by atoms with Crippen LogP contribution in [-0.4, -0.2) is 17.4 Å². The highest BCUT2D eigenvalue weighted by molar-refractivity contribution is 5.92. The van der Waals surface area contributed by atoms with Crippen molar-refractivity contribution in [1.82, 2.24) is 4.90 Å². The van der Waals surface area contributed by atoms with Crippen LogP contribution in [0.4, 0.5) is 5.69 Å². The summed E-state index contributed by atoms with van der Waals surface area (Å²) in [6, 6.07) is 18.4. The Morgan fingerprint density at radius 1 is 1.13 bits per heavy atom. The van der Waals surface area contributed by atoms with Crippen LogP contribution >= 0.6 is 0 Å². The Hall–Kier alpha value is -2.64. The summed E-state index contributed by atoms with van der Waals surface area (Å²) >= 11 is 0. The SMILES string of the molecule is N#CCC(=O)Nc1ccc2c(c1)CN(CCc1ccccc1)C2. The van der Waals surface area contributed by atoms with Crippen molar-refractivity contribution < 1.29 is 4.79 Å². The van der Waals surface area contributed by atoms with Crippen molar-refractivity contribution in [2.75, 3.05) is 11.9 Å². The Balaban J connectivity index is 1.58. The number of rotatable bonds is 5. The maximum absolute atomic E-state index is 11.5. The molecule has 0 bridgehead atoms. The van der Waals surface area contributed by atoms with Crippen LogP contribution < -0.4 is 5.32 Å². The van der Waals surface area contributed by atoms with E-state index in [4.69, 9.17) is 5.26 Å². The first-order chi connectivity index (χ1) is 11.2. The Morgan fingerprint density at radius 2 is 1.91 bits per heavy atom. The summed E-state index contributed by atoms with van der Waals surface area (Å²) in [7, 11) is 0. The average molecular weight is 305 g/mol. The molecular formula is C19H19N3O. The molecule has 4 nitrogen and oxygen atoms in total. The van der Waals surface area contributed by atoms with Crippen molar-refractivity contribution in [1.29, 1.82) is 5.26 Å². The van der Waals surface area contributed by atoms with E-state index in [1.807, 2.05) is 24.3 Å². The Kier molecular flexibility index (Phi) is 4.70. The maximum Gasteiger partial charge on any atom is 0.238 e. The van der Waals surface area contributed by atoms with Crippen molar-refractivity contribution >= 4 is 11.6 Å². The minimum Gasteiger partial charge on any atom is -0.325 e. The van der Waals surface area contributed by atoms with Gasteiger partial charge in [0, 0.05) is 25.3 Å². The monoisotopic (exact) mass is 305 g/mol. The Morgan fingerprint density at radius 3 is 2.70 bits per heavy atom. The molecule has 23 heavy (non-hydrogen) atoms. The molecule has 0 spiro atoms. The molecule has 116 valence electrons. The normalized spacial score (nSPS) is 13.3. The van der Waals surface area contributed by atoms with Crippen LogP contribution in [0.2, 0.25) is 0 Å². The standard InChI is InChI=1S/C19H19N3O/c20-10-8-19(23)21-18-7-6-16-13-22(14-17(16)12-18)11-9-15-4-2-1-3-5-15/h1-7,12H,8-9,11,13-14H2,(H,21,23). The van der Waals surface area contributed by atoms with Crippen molar-refractivity contribution in [3.63, 3.8) is 0 Å². The van der Waals surface area contributed by atoms with Gasteiger partial charge >= 0.3 is 0 Å². The lowest BCUT2D eigenvalue weighted by molar-refractivity contribution is -0.115. The highest BCUT2D eigenvalue weighted by Gasteiger charge is 2.19. The number of nitrogens with one attached hydrogen (secondary N) is 1. The van der Waals surface area contributed by atoms with Crippen molar-refractivity contribution in [3.8, 4) is 6.07 Å². The third-order valence-corrected chi connectivity index (χ3v) is 4.08. The van der Waals surface area contributed by atoms with E-state index in [0.717, 1.165) is 31.7 Å². The summed E-state index contributed by atoms with van der Waals surface area (Å²) < 4.78 is 0. The molecule has 0 saturated carbocycles. The first-order valence-electron chi connectivity index (χ1n) is 7.79. The summed E-state index contributed by atoms with van der Waals surface area (Å²) in [6.45, 7) is 2.88. The van der Waals surface area contributed by atoms with E-state index >= 15 is 0 Å². The summed E-state index contributed by atoms with van der Waals surface area (Å²) in [5.74, 6) is -0.258. The van der Waals surface area contributed by atoms with E-state index in [1.54, 1.807) is 0 Å². The van der Waals surface area contributed by atoms with Gasteiger partial charge in [-0.25, -0.2) is 0 Å². The molecule has 0 unspecified atom stereocenters. The van der Waals surface area contributed by atoms with Gasteiger partial charge in [-0.1, -0.05) is 36.4 Å². The highest BCUT2D eigenvalue weighted by atomic mass is 16.1. The maximum atomic E-state index is 11.5. The highest BCUT2D eigenvalue weighted by Crippen LogP contribution is 2.26. The number of benzene rings is 2. The fourth-order valence-corrected chi connectivity index (χ4v) is 2.91. The molecule has 2 aromatic carbocycles. The third-order valence-electron chi connectivity index (χ3n) is 4.08. The zero-order valence-corrected chi connectivity index (χ0v) is 13.0. The van der Waals surface area contributed by atoms with Crippen LogP contribution in [-0.2, 0) is 24.3 Å². The largest absolute Gasteiger partial charge is 0.325 e. The number of nitrogens with zero attached hydrogens (tertiary/aromatic N) is 2. The topological polar surface area (TPSA) is 56.1 Å². The summed E-state index contributed by atoms with van der Waals surface area (Å²) in [4.78, 5) is 13.9. The average Bonchev–Trinajstić information content (AvgIpc) is 2.96.